The molecular weight excluding hydrogens is 520 g/mol. The third-order valence-electron chi connectivity index (χ3n) is 5.24. The molecule has 186 valence electrons. The Morgan fingerprint density at radius 3 is 2.42 bits per heavy atom. The summed E-state index contributed by atoms with van der Waals surface area (Å²) in [7, 11) is -2.46. The summed E-state index contributed by atoms with van der Waals surface area (Å²) < 4.78 is 40.9. The third-order valence-corrected chi connectivity index (χ3v) is 7.89. The number of amides is 1. The van der Waals surface area contributed by atoms with Crippen LogP contribution in [-0.2, 0) is 21.4 Å². The van der Waals surface area contributed by atoms with Gasteiger partial charge in [-0.1, -0.05) is 48.0 Å². The van der Waals surface area contributed by atoms with Crippen molar-refractivity contribution in [2.45, 2.75) is 18.4 Å². The lowest BCUT2D eigenvalue weighted by atomic mass is 10.1. The number of likely N-dealkylation sites (N-methyl/N-ethyl adjacent to an activating group) is 1. The lowest BCUT2D eigenvalue weighted by molar-refractivity contribution is -0.122. The van der Waals surface area contributed by atoms with Crippen LogP contribution in [0.5, 0.6) is 11.5 Å². The fourth-order valence-electron chi connectivity index (χ4n) is 3.40. The van der Waals surface area contributed by atoms with Crippen LogP contribution >= 0.6 is 23.4 Å². The maximum absolute atomic E-state index is 13.0. The monoisotopic (exact) mass is 542 g/mol. The fourth-order valence-corrected chi connectivity index (χ4v) is 5.77. The summed E-state index contributed by atoms with van der Waals surface area (Å²) in [5.41, 5.74) is 1.71. The lowest BCUT2D eigenvalue weighted by Gasteiger charge is -2.12. The van der Waals surface area contributed by atoms with Crippen LogP contribution in [0, 0.1) is 0 Å². The second-order valence-corrected chi connectivity index (χ2v) is 10.7. The van der Waals surface area contributed by atoms with Gasteiger partial charge < -0.3 is 9.47 Å². The van der Waals surface area contributed by atoms with Crippen molar-refractivity contribution in [3.8, 4) is 11.5 Å². The van der Waals surface area contributed by atoms with E-state index in [1.54, 1.807) is 38.3 Å². The smallest absolute Gasteiger partial charge is 0.284 e. The standard InChI is InChI=1S/C26H23ClN2O5S2/c1-3-29-25(30)24(35-26(29)28-36(31,32)21-12-10-20(27)11-13-21)16-19-9-14-22(33-2)23(15-19)34-17-18-7-5-4-6-8-18/h4-16H,3,17H2,1-2H3. The van der Waals surface area contributed by atoms with Crippen LogP contribution in [0.2, 0.25) is 5.02 Å². The van der Waals surface area contributed by atoms with E-state index in [1.165, 1.54) is 29.2 Å². The molecule has 1 fully saturated rings. The maximum atomic E-state index is 13.0. The van der Waals surface area contributed by atoms with E-state index >= 15 is 0 Å². The zero-order valence-corrected chi connectivity index (χ0v) is 21.9. The first-order valence-electron chi connectivity index (χ1n) is 11.0. The Morgan fingerprint density at radius 2 is 1.75 bits per heavy atom. The molecule has 0 radical (unpaired) electrons. The predicted molar refractivity (Wildman–Crippen MR) is 143 cm³/mol. The molecule has 7 nitrogen and oxygen atoms in total. The minimum Gasteiger partial charge on any atom is -0.493 e. The van der Waals surface area contributed by atoms with E-state index in [4.69, 9.17) is 21.1 Å². The Labute approximate surface area is 219 Å². The van der Waals surface area contributed by atoms with Gasteiger partial charge in [0.15, 0.2) is 16.7 Å². The van der Waals surface area contributed by atoms with Gasteiger partial charge in [-0.2, -0.15) is 8.42 Å². The van der Waals surface area contributed by atoms with Gasteiger partial charge in [-0.25, -0.2) is 0 Å². The van der Waals surface area contributed by atoms with E-state index in [0.717, 1.165) is 17.3 Å². The zero-order chi connectivity index (χ0) is 25.7. The molecule has 0 saturated carbocycles. The number of amidine groups is 1. The van der Waals surface area contributed by atoms with Gasteiger partial charge in [0.25, 0.3) is 15.9 Å². The van der Waals surface area contributed by atoms with Crippen molar-refractivity contribution >= 4 is 50.5 Å². The van der Waals surface area contributed by atoms with Crippen molar-refractivity contribution in [2.24, 2.45) is 4.40 Å². The van der Waals surface area contributed by atoms with Crippen LogP contribution < -0.4 is 9.47 Å². The number of methoxy groups -OCH3 is 1. The first-order valence-corrected chi connectivity index (χ1v) is 13.6. The molecule has 3 aromatic rings. The van der Waals surface area contributed by atoms with Gasteiger partial charge >= 0.3 is 0 Å². The van der Waals surface area contributed by atoms with Crippen LogP contribution in [0.1, 0.15) is 18.1 Å². The Bertz CT molecular complexity index is 1420. The summed E-state index contributed by atoms with van der Waals surface area (Å²) in [6, 6.07) is 20.8. The largest absolute Gasteiger partial charge is 0.493 e. The molecule has 1 aliphatic heterocycles. The number of carbonyl (C=O) groups excluding carboxylic acids is 1. The molecule has 0 aromatic heterocycles. The Hall–Kier alpha value is -3.27. The topological polar surface area (TPSA) is 85.3 Å². The first-order chi connectivity index (χ1) is 17.3. The first kappa shape index (κ1) is 25.8. The second-order valence-electron chi connectivity index (χ2n) is 7.65. The van der Waals surface area contributed by atoms with E-state index in [-0.39, 0.29) is 22.5 Å². The van der Waals surface area contributed by atoms with Gasteiger partial charge in [-0.15, -0.1) is 4.40 Å². The summed E-state index contributed by atoms with van der Waals surface area (Å²) >= 11 is 6.87. The molecule has 0 N–H and O–H groups in total. The number of rotatable bonds is 8. The van der Waals surface area contributed by atoms with Gasteiger partial charge in [0.1, 0.15) is 6.61 Å². The van der Waals surface area contributed by atoms with Gasteiger partial charge in [0.2, 0.25) is 0 Å². The summed E-state index contributed by atoms with van der Waals surface area (Å²) in [5.74, 6) is 0.762. The number of thioether (sulfide) groups is 1. The molecule has 1 heterocycles. The molecule has 0 spiro atoms. The summed E-state index contributed by atoms with van der Waals surface area (Å²) in [5, 5.41) is 0.511. The quantitative estimate of drug-likeness (QED) is 0.344. The lowest BCUT2D eigenvalue weighted by Crippen LogP contribution is -2.29. The van der Waals surface area contributed by atoms with Gasteiger partial charge in [0, 0.05) is 11.6 Å². The molecular formula is C26H23ClN2O5S2. The number of hydrogen-bond acceptors (Lipinski definition) is 6. The zero-order valence-electron chi connectivity index (χ0n) is 19.5. The number of sulfonamides is 1. The fraction of sp³-hybridized carbons (Fsp3) is 0.154. The normalized spacial score (nSPS) is 16.1. The highest BCUT2D eigenvalue weighted by molar-refractivity contribution is 8.19. The number of carbonyl (C=O) groups is 1. The summed E-state index contributed by atoms with van der Waals surface area (Å²) in [4.78, 5) is 14.7. The molecule has 0 aliphatic carbocycles. The second kappa shape index (κ2) is 11.2. The highest BCUT2D eigenvalue weighted by Gasteiger charge is 2.34. The molecule has 1 aliphatic rings. The van der Waals surface area contributed by atoms with Gasteiger partial charge in [-0.3, -0.25) is 9.69 Å². The average Bonchev–Trinajstić information content (AvgIpc) is 3.16. The molecule has 4 rings (SSSR count). The third kappa shape index (κ3) is 5.92. The Kier molecular flexibility index (Phi) is 8.03. The van der Waals surface area contributed by atoms with E-state index in [1.807, 2.05) is 30.3 Å². The highest BCUT2D eigenvalue weighted by atomic mass is 35.5. The van der Waals surface area contributed by atoms with E-state index in [9.17, 15) is 13.2 Å². The molecule has 1 saturated heterocycles. The summed E-state index contributed by atoms with van der Waals surface area (Å²) in [6.07, 6.45) is 1.68. The van der Waals surface area contributed by atoms with E-state index in [0.29, 0.717) is 33.6 Å². The molecule has 0 bridgehead atoms. The van der Waals surface area contributed by atoms with Crippen LogP contribution in [0.4, 0.5) is 0 Å². The van der Waals surface area contributed by atoms with Crippen LogP contribution in [-0.4, -0.2) is 38.0 Å². The highest BCUT2D eigenvalue weighted by Crippen LogP contribution is 2.35. The van der Waals surface area contributed by atoms with Crippen molar-refractivity contribution in [1.82, 2.24) is 4.90 Å². The number of hydrogen-bond donors (Lipinski definition) is 0. The van der Waals surface area contributed by atoms with Crippen LogP contribution in [0.15, 0.2) is 87.0 Å². The number of ether oxygens (including phenoxy) is 2. The average molecular weight is 543 g/mol. The Morgan fingerprint density at radius 1 is 1.03 bits per heavy atom. The maximum Gasteiger partial charge on any atom is 0.284 e. The van der Waals surface area contributed by atoms with Crippen molar-refractivity contribution in [2.75, 3.05) is 13.7 Å². The summed E-state index contributed by atoms with van der Waals surface area (Å²) in [6.45, 7) is 2.38. The number of nitrogens with zero attached hydrogens (tertiary/aromatic N) is 2. The van der Waals surface area contributed by atoms with Crippen molar-refractivity contribution in [3.63, 3.8) is 0 Å². The predicted octanol–water partition coefficient (Wildman–Crippen LogP) is 5.61. The van der Waals surface area contributed by atoms with Crippen LogP contribution in [0.25, 0.3) is 6.08 Å². The molecule has 3 aromatic carbocycles. The molecule has 0 atom stereocenters. The van der Waals surface area contributed by atoms with Gasteiger partial charge in [-0.05, 0) is 72.3 Å². The van der Waals surface area contributed by atoms with Crippen LogP contribution in [0.3, 0.4) is 0 Å². The van der Waals surface area contributed by atoms with Crippen molar-refractivity contribution < 1.29 is 22.7 Å². The minimum absolute atomic E-state index is 0.00343. The van der Waals surface area contributed by atoms with Crippen molar-refractivity contribution in [1.29, 1.82) is 0 Å². The van der Waals surface area contributed by atoms with E-state index in [2.05, 4.69) is 4.40 Å². The molecule has 36 heavy (non-hydrogen) atoms. The SMILES string of the molecule is CCN1C(=O)C(=Cc2ccc(OC)c(OCc3ccccc3)c2)SC1=NS(=O)(=O)c1ccc(Cl)cc1. The van der Waals surface area contributed by atoms with Gasteiger partial charge in [0.05, 0.1) is 16.9 Å². The number of halogens is 1. The van der Waals surface area contributed by atoms with Crippen molar-refractivity contribution in [3.05, 3.63) is 93.9 Å². The number of benzene rings is 3. The molecule has 10 heteroatoms. The van der Waals surface area contributed by atoms with E-state index < -0.39 is 10.0 Å². The molecule has 0 unspecified atom stereocenters. The Balaban J connectivity index is 1.61. The minimum atomic E-state index is -4.02. The molecule has 1 amide bonds.